The maximum absolute atomic E-state index is 13.4. The van der Waals surface area contributed by atoms with Crippen molar-refractivity contribution in [2.45, 2.75) is 102 Å². The highest BCUT2D eigenvalue weighted by atomic mass is 16.8. The monoisotopic (exact) mass is 524 g/mol. The molecule has 0 saturated carbocycles. The summed E-state index contributed by atoms with van der Waals surface area (Å²) in [7, 11) is 0. The average molecular weight is 525 g/mol. The van der Waals surface area contributed by atoms with Gasteiger partial charge in [0.2, 0.25) is 0 Å². The Bertz CT molecular complexity index is 1000. The molecule has 8 heteroatoms. The second kappa shape index (κ2) is 11.5. The second-order valence-corrected chi connectivity index (χ2v) is 11.2. The second-order valence-electron chi connectivity index (χ2n) is 11.2. The fourth-order valence-corrected chi connectivity index (χ4v) is 5.15. The number of hydrogen-bond acceptors (Lipinski definition) is 6. The Morgan fingerprint density at radius 3 is 1.34 bits per heavy atom. The van der Waals surface area contributed by atoms with Crippen molar-refractivity contribution in [2.75, 3.05) is 0 Å². The van der Waals surface area contributed by atoms with Crippen LogP contribution in [0.25, 0.3) is 0 Å². The Balaban J connectivity index is 1.46. The minimum atomic E-state index is -1.03. The fraction of sp³-hybridized carbons (Fsp3) is 0.533. The van der Waals surface area contributed by atoms with Gasteiger partial charge in [0.1, 0.15) is 12.2 Å². The molecule has 0 unspecified atom stereocenters. The Morgan fingerprint density at radius 1 is 0.658 bits per heavy atom. The number of ether oxygens (including phenoxy) is 4. The molecular formula is C30H40N2O6. The van der Waals surface area contributed by atoms with Crippen molar-refractivity contribution in [1.82, 2.24) is 10.6 Å². The van der Waals surface area contributed by atoms with Crippen LogP contribution in [0.4, 0.5) is 0 Å². The predicted molar refractivity (Wildman–Crippen MR) is 143 cm³/mol. The van der Waals surface area contributed by atoms with Gasteiger partial charge in [-0.3, -0.25) is 9.59 Å². The molecule has 2 aliphatic rings. The van der Waals surface area contributed by atoms with Gasteiger partial charge in [-0.25, -0.2) is 0 Å². The molecule has 206 valence electrons. The van der Waals surface area contributed by atoms with Crippen LogP contribution >= 0.6 is 0 Å². The molecule has 2 aromatic rings. The van der Waals surface area contributed by atoms with Crippen molar-refractivity contribution in [1.29, 1.82) is 0 Å². The van der Waals surface area contributed by atoms with E-state index in [0.29, 0.717) is 12.8 Å². The van der Waals surface area contributed by atoms with Gasteiger partial charge in [0, 0.05) is 12.1 Å². The van der Waals surface area contributed by atoms with Crippen molar-refractivity contribution in [3.05, 3.63) is 71.8 Å². The third-order valence-electron chi connectivity index (χ3n) is 6.65. The van der Waals surface area contributed by atoms with E-state index < -0.39 is 36.0 Å². The van der Waals surface area contributed by atoms with Gasteiger partial charge in [-0.15, -0.1) is 0 Å². The zero-order valence-electron chi connectivity index (χ0n) is 23.1. The molecule has 0 spiro atoms. The smallest absolute Gasteiger partial charge is 0.252 e. The van der Waals surface area contributed by atoms with Gasteiger partial charge in [0.05, 0.1) is 0 Å². The SMILES string of the molecule is C[C@@H](Cc1ccccc1)NC(=O)[C@H]1OC(C)(C)O[C@@H]1[C@@H]1OC(C)(C)O[C@H]1C(=O)N[C@@H](C)Cc1ccccc1. The molecule has 2 fully saturated rings. The van der Waals surface area contributed by atoms with E-state index in [1.54, 1.807) is 27.7 Å². The lowest BCUT2D eigenvalue weighted by Crippen LogP contribution is -2.54. The molecule has 2 N–H and O–H groups in total. The van der Waals surface area contributed by atoms with Crippen LogP contribution in [-0.4, -0.2) is 59.9 Å². The van der Waals surface area contributed by atoms with Crippen molar-refractivity contribution >= 4 is 11.8 Å². The van der Waals surface area contributed by atoms with Crippen LogP contribution < -0.4 is 10.6 Å². The van der Waals surface area contributed by atoms with E-state index in [1.165, 1.54) is 0 Å². The molecule has 2 heterocycles. The van der Waals surface area contributed by atoms with Gasteiger partial charge in [-0.2, -0.15) is 0 Å². The number of rotatable bonds is 9. The lowest BCUT2D eigenvalue weighted by atomic mass is 10.0. The van der Waals surface area contributed by atoms with Crippen molar-refractivity contribution in [3.8, 4) is 0 Å². The van der Waals surface area contributed by atoms with E-state index >= 15 is 0 Å². The zero-order valence-corrected chi connectivity index (χ0v) is 23.1. The molecule has 38 heavy (non-hydrogen) atoms. The largest absolute Gasteiger partial charge is 0.351 e. The summed E-state index contributed by atoms with van der Waals surface area (Å²) >= 11 is 0. The summed E-state index contributed by atoms with van der Waals surface area (Å²) in [6, 6.07) is 19.7. The standard InChI is InChI=1S/C30H40N2O6/c1-19(17-21-13-9-7-10-14-21)31-27(33)25-23(35-29(3,4)37-25)24-26(38-30(5,6)36-24)28(34)32-20(2)18-22-15-11-8-12-16-22/h7-16,19-20,23-26H,17-18H2,1-6H3,(H,31,33)(H,32,34)/t19-,20-,23-,24+,25+,26-/m0/s1. The summed E-state index contributed by atoms with van der Waals surface area (Å²) in [5, 5.41) is 6.09. The summed E-state index contributed by atoms with van der Waals surface area (Å²) in [6.45, 7) is 10.9. The average Bonchev–Trinajstić information content (AvgIpc) is 3.35. The lowest BCUT2D eigenvalue weighted by Gasteiger charge is -2.27. The summed E-state index contributed by atoms with van der Waals surface area (Å²) < 4.78 is 24.4. The quantitative estimate of drug-likeness (QED) is 0.521. The first-order valence-corrected chi connectivity index (χ1v) is 13.3. The molecule has 6 atom stereocenters. The molecule has 0 aromatic heterocycles. The molecule has 2 aromatic carbocycles. The van der Waals surface area contributed by atoms with Crippen LogP contribution in [0.2, 0.25) is 0 Å². The summed E-state index contributed by atoms with van der Waals surface area (Å²) in [4.78, 5) is 26.8. The van der Waals surface area contributed by atoms with Crippen LogP contribution in [0, 0.1) is 0 Å². The molecule has 2 saturated heterocycles. The predicted octanol–water partition coefficient (Wildman–Crippen LogP) is 3.52. The Kier molecular flexibility index (Phi) is 8.57. The number of carbonyl (C=O) groups is 2. The topological polar surface area (TPSA) is 95.1 Å². The molecule has 0 bridgehead atoms. The van der Waals surface area contributed by atoms with Crippen molar-refractivity contribution in [3.63, 3.8) is 0 Å². The van der Waals surface area contributed by atoms with Gasteiger partial charge in [0.25, 0.3) is 11.8 Å². The normalized spacial score (nSPS) is 27.4. The zero-order chi connectivity index (χ0) is 27.5. The minimum absolute atomic E-state index is 0.131. The van der Waals surface area contributed by atoms with Gasteiger partial charge in [-0.05, 0) is 65.5 Å². The number of carbonyl (C=O) groups excluding carboxylic acids is 2. The van der Waals surface area contributed by atoms with E-state index in [9.17, 15) is 9.59 Å². The first kappa shape index (κ1) is 28.2. The van der Waals surface area contributed by atoms with E-state index in [-0.39, 0.29) is 23.9 Å². The summed E-state index contributed by atoms with van der Waals surface area (Å²) in [5.41, 5.74) is 2.24. The molecule has 2 aliphatic heterocycles. The van der Waals surface area contributed by atoms with Gasteiger partial charge >= 0.3 is 0 Å². The molecule has 4 rings (SSSR count). The Hall–Kier alpha value is -2.78. The number of nitrogens with one attached hydrogen (secondary N) is 2. The fourth-order valence-electron chi connectivity index (χ4n) is 5.15. The molecule has 8 nitrogen and oxygen atoms in total. The molecular weight excluding hydrogens is 484 g/mol. The van der Waals surface area contributed by atoms with Crippen LogP contribution in [0.15, 0.2) is 60.7 Å². The highest BCUT2D eigenvalue weighted by Crippen LogP contribution is 2.38. The van der Waals surface area contributed by atoms with Crippen LogP contribution in [0.5, 0.6) is 0 Å². The third kappa shape index (κ3) is 7.20. The summed E-state index contributed by atoms with van der Waals surface area (Å²) in [6.07, 6.45) is -2.26. The van der Waals surface area contributed by atoms with E-state index in [2.05, 4.69) is 10.6 Å². The molecule has 0 aliphatic carbocycles. The lowest BCUT2D eigenvalue weighted by molar-refractivity contribution is -0.175. The van der Waals surface area contributed by atoms with Gasteiger partial charge in [-0.1, -0.05) is 60.7 Å². The van der Waals surface area contributed by atoms with Gasteiger partial charge < -0.3 is 29.6 Å². The Labute approximate surface area is 225 Å². The van der Waals surface area contributed by atoms with Crippen molar-refractivity contribution in [2.24, 2.45) is 0 Å². The first-order chi connectivity index (χ1) is 17.9. The highest BCUT2D eigenvalue weighted by Gasteiger charge is 2.57. The molecule has 0 radical (unpaired) electrons. The number of benzene rings is 2. The van der Waals surface area contributed by atoms with E-state index in [4.69, 9.17) is 18.9 Å². The van der Waals surface area contributed by atoms with E-state index in [1.807, 2.05) is 74.5 Å². The summed E-state index contributed by atoms with van der Waals surface area (Å²) in [5.74, 6) is -2.69. The van der Waals surface area contributed by atoms with Gasteiger partial charge in [0.15, 0.2) is 23.8 Å². The minimum Gasteiger partial charge on any atom is -0.351 e. The van der Waals surface area contributed by atoms with Crippen LogP contribution in [0.3, 0.4) is 0 Å². The number of amides is 2. The number of hydrogen-bond donors (Lipinski definition) is 2. The first-order valence-electron chi connectivity index (χ1n) is 13.3. The van der Waals surface area contributed by atoms with Crippen LogP contribution in [0.1, 0.15) is 52.7 Å². The highest BCUT2D eigenvalue weighted by molar-refractivity contribution is 5.84. The van der Waals surface area contributed by atoms with Crippen LogP contribution in [-0.2, 0) is 41.4 Å². The Morgan fingerprint density at radius 2 is 1.00 bits per heavy atom. The molecule has 2 amide bonds. The third-order valence-corrected chi connectivity index (χ3v) is 6.65. The van der Waals surface area contributed by atoms with Crippen molar-refractivity contribution < 1.29 is 28.5 Å². The maximum atomic E-state index is 13.4. The van der Waals surface area contributed by atoms with E-state index in [0.717, 1.165) is 11.1 Å². The maximum Gasteiger partial charge on any atom is 0.252 e.